The van der Waals surface area contributed by atoms with E-state index in [9.17, 15) is 0 Å². The average Bonchev–Trinajstić information content (AvgIpc) is 2.71. The Morgan fingerprint density at radius 1 is 0.833 bits per heavy atom. The molecule has 0 amide bonds. The second-order valence-corrected chi connectivity index (χ2v) is 11.3. The summed E-state index contributed by atoms with van der Waals surface area (Å²) in [6.07, 6.45) is 4.54. The van der Waals surface area contributed by atoms with Gasteiger partial charge in [-0.1, -0.05) is 41.5 Å². The van der Waals surface area contributed by atoms with Crippen molar-refractivity contribution in [2.24, 2.45) is 0 Å². The molecule has 0 aromatic carbocycles. The van der Waals surface area contributed by atoms with E-state index in [1.165, 1.54) is 0 Å². The minimum atomic E-state index is -1.43. The van der Waals surface area contributed by atoms with Gasteiger partial charge in [-0.3, -0.25) is 0 Å². The van der Waals surface area contributed by atoms with Crippen molar-refractivity contribution in [2.45, 2.75) is 58.2 Å². The van der Waals surface area contributed by atoms with Gasteiger partial charge in [-0.2, -0.15) is 0 Å². The summed E-state index contributed by atoms with van der Waals surface area (Å²) in [5.74, 6) is 0. The number of aromatic nitrogens is 1. The van der Waals surface area contributed by atoms with Crippen molar-refractivity contribution >= 4 is 15.9 Å². The van der Waals surface area contributed by atoms with Gasteiger partial charge in [0.2, 0.25) is 0 Å². The summed E-state index contributed by atoms with van der Waals surface area (Å²) in [6, 6.07) is 4.32. The molecule has 1 aromatic rings. The quantitative estimate of drug-likeness (QED) is 0.824. The topological polar surface area (TPSA) is 45.4 Å². The second-order valence-electron chi connectivity index (χ2n) is 5.56. The van der Waals surface area contributed by atoms with Crippen LogP contribution in [0.1, 0.15) is 41.5 Å². The summed E-state index contributed by atoms with van der Waals surface area (Å²) in [4.78, 5) is 0. The van der Waals surface area contributed by atoms with Crippen LogP contribution >= 0.6 is 0 Å². The van der Waals surface area contributed by atoms with Crippen molar-refractivity contribution in [3.8, 4) is 0 Å². The Labute approximate surface area is 113 Å². The molecule has 0 fully saturated rings. The molecule has 0 aliphatic carbocycles. The van der Waals surface area contributed by atoms with Crippen LogP contribution in [-0.2, 0) is 0 Å². The summed E-state index contributed by atoms with van der Waals surface area (Å²) < 4.78 is 2.55. The lowest BCUT2D eigenvalue weighted by molar-refractivity contribution is 0.448. The lowest BCUT2D eigenvalue weighted by Crippen LogP contribution is -2.51. The minimum absolute atomic E-state index is 0. The lowest BCUT2D eigenvalue weighted by Gasteiger charge is -2.44. The third-order valence-electron chi connectivity index (χ3n) is 3.83. The number of rotatable bonds is 4. The molecule has 0 spiro atoms. The van der Waals surface area contributed by atoms with Crippen molar-refractivity contribution in [1.29, 1.82) is 0 Å². The highest BCUT2D eigenvalue weighted by molar-refractivity contribution is 6.82. The molecule has 5 heteroatoms. The first-order chi connectivity index (χ1) is 8.35. The van der Waals surface area contributed by atoms with Gasteiger partial charge < -0.3 is 14.3 Å². The summed E-state index contributed by atoms with van der Waals surface area (Å²) in [5.41, 5.74) is 2.35. The van der Waals surface area contributed by atoms with Crippen LogP contribution in [0.2, 0.25) is 16.6 Å². The van der Waals surface area contributed by atoms with E-state index in [0.717, 1.165) is 16.6 Å². The van der Waals surface area contributed by atoms with Gasteiger partial charge in [0.05, 0.1) is 0 Å². The molecule has 0 atom stereocenters. The number of nitrogens with zero attached hydrogens (tertiary/aromatic N) is 1. The first-order valence-corrected chi connectivity index (χ1v) is 8.77. The molecule has 0 aliphatic heterocycles. The Hall–Kier alpha value is -0.518. The van der Waals surface area contributed by atoms with Gasteiger partial charge in [0.1, 0.15) is 0 Å². The Kier molecular flexibility index (Phi) is 7.59. The molecule has 1 heterocycles. The van der Waals surface area contributed by atoms with Gasteiger partial charge in [-0.05, 0) is 41.1 Å². The van der Waals surface area contributed by atoms with Crippen molar-refractivity contribution < 1.29 is 10.0 Å². The summed E-state index contributed by atoms with van der Waals surface area (Å²) in [6.45, 7) is 14.4. The van der Waals surface area contributed by atoms with Crippen LogP contribution in [0.5, 0.6) is 0 Å². The standard InChI is InChI=1S/C13H25NSi.BH2O2/c1-11(2)15(12(3)4,13(5)6)14-9-7-8-10-14;2-1-3/h7-13H,1-6H3;2-3H. The van der Waals surface area contributed by atoms with Crippen LogP contribution in [-0.4, -0.2) is 30.2 Å². The molecule has 0 aliphatic rings. The predicted molar refractivity (Wildman–Crippen MR) is 81.1 cm³/mol. The van der Waals surface area contributed by atoms with E-state index in [2.05, 4.69) is 70.3 Å². The number of hydrogen-bond donors (Lipinski definition) is 2. The number of hydrogen-bond acceptors (Lipinski definition) is 2. The van der Waals surface area contributed by atoms with E-state index in [1.54, 1.807) is 0 Å². The zero-order valence-electron chi connectivity index (χ0n) is 12.5. The van der Waals surface area contributed by atoms with E-state index < -0.39 is 8.24 Å². The molecule has 103 valence electrons. The monoisotopic (exact) mass is 268 g/mol. The molecule has 0 saturated heterocycles. The Bertz CT molecular complexity index is 291. The summed E-state index contributed by atoms with van der Waals surface area (Å²) in [7, 11) is -1.43. The van der Waals surface area contributed by atoms with Crippen LogP contribution < -0.4 is 0 Å². The van der Waals surface area contributed by atoms with Crippen LogP contribution in [0.4, 0.5) is 0 Å². The zero-order chi connectivity index (χ0) is 14.3. The van der Waals surface area contributed by atoms with Crippen LogP contribution in [0.15, 0.2) is 24.5 Å². The van der Waals surface area contributed by atoms with E-state index >= 15 is 0 Å². The molecule has 3 nitrogen and oxygen atoms in total. The minimum Gasteiger partial charge on any atom is -0.429 e. The van der Waals surface area contributed by atoms with Crippen molar-refractivity contribution in [1.82, 2.24) is 4.23 Å². The molecular formula is C13H27BNO2Si. The molecule has 1 radical (unpaired) electrons. The van der Waals surface area contributed by atoms with Gasteiger partial charge in [-0.25, -0.2) is 0 Å². The molecular weight excluding hydrogens is 241 g/mol. The van der Waals surface area contributed by atoms with Crippen LogP contribution in [0.3, 0.4) is 0 Å². The van der Waals surface area contributed by atoms with E-state index in [1.807, 2.05) is 0 Å². The van der Waals surface area contributed by atoms with Gasteiger partial charge in [0.15, 0.2) is 8.24 Å². The highest BCUT2D eigenvalue weighted by atomic mass is 28.3. The van der Waals surface area contributed by atoms with Crippen molar-refractivity contribution in [2.75, 3.05) is 0 Å². The van der Waals surface area contributed by atoms with E-state index in [-0.39, 0.29) is 7.69 Å². The highest BCUT2D eigenvalue weighted by Crippen LogP contribution is 2.42. The fraction of sp³-hybridized carbons (Fsp3) is 0.692. The van der Waals surface area contributed by atoms with E-state index in [0.29, 0.717) is 0 Å². The first kappa shape index (κ1) is 17.5. The normalized spacial score (nSPS) is 11.7. The SMILES string of the molecule is CC(C)[Si](C(C)C)(C(C)C)n1cccc1.O[B]O. The largest absolute Gasteiger partial charge is 0.482 e. The van der Waals surface area contributed by atoms with E-state index in [4.69, 9.17) is 10.0 Å². The van der Waals surface area contributed by atoms with Gasteiger partial charge >= 0.3 is 7.69 Å². The first-order valence-electron chi connectivity index (χ1n) is 6.59. The zero-order valence-corrected chi connectivity index (χ0v) is 13.5. The Morgan fingerprint density at radius 3 is 1.33 bits per heavy atom. The Balaban J connectivity index is 0.000000873. The van der Waals surface area contributed by atoms with Crippen molar-refractivity contribution in [3.63, 3.8) is 0 Å². The molecule has 0 unspecified atom stereocenters. The molecule has 2 N–H and O–H groups in total. The van der Waals surface area contributed by atoms with Crippen LogP contribution in [0.25, 0.3) is 0 Å². The molecule has 18 heavy (non-hydrogen) atoms. The molecule has 0 bridgehead atoms. The smallest absolute Gasteiger partial charge is 0.429 e. The van der Waals surface area contributed by atoms with Gasteiger partial charge in [-0.15, -0.1) is 0 Å². The van der Waals surface area contributed by atoms with Crippen molar-refractivity contribution in [3.05, 3.63) is 24.5 Å². The maximum Gasteiger partial charge on any atom is 0.482 e. The summed E-state index contributed by atoms with van der Waals surface area (Å²) >= 11 is 0. The maximum atomic E-state index is 7.00. The lowest BCUT2D eigenvalue weighted by atomic mass is 10.5. The third-order valence-corrected chi connectivity index (χ3v) is 10.6. The maximum absolute atomic E-state index is 7.00. The summed E-state index contributed by atoms with van der Waals surface area (Å²) in [5, 5.41) is 14.0. The van der Waals surface area contributed by atoms with Gasteiger partial charge in [0.25, 0.3) is 0 Å². The predicted octanol–water partition coefficient (Wildman–Crippen LogP) is 3.02. The molecule has 1 aromatic heterocycles. The molecule has 1 rings (SSSR count). The third kappa shape index (κ3) is 3.49. The fourth-order valence-corrected chi connectivity index (χ4v) is 9.96. The average molecular weight is 268 g/mol. The molecule has 0 saturated carbocycles. The highest BCUT2D eigenvalue weighted by Gasteiger charge is 2.44. The van der Waals surface area contributed by atoms with Crippen LogP contribution in [0, 0.1) is 0 Å². The fourth-order valence-electron chi connectivity index (χ4n) is 3.49. The van der Waals surface area contributed by atoms with Gasteiger partial charge in [0, 0.05) is 0 Å². The second kappa shape index (κ2) is 7.82. The Morgan fingerprint density at radius 2 is 1.11 bits per heavy atom.